The predicted octanol–water partition coefficient (Wildman–Crippen LogP) is 1.91. The first-order valence-electron chi connectivity index (χ1n) is 6.70. The number of nitrogens with zero attached hydrogens (tertiary/aromatic N) is 3. The van der Waals surface area contributed by atoms with Crippen molar-refractivity contribution in [3.05, 3.63) is 27.0 Å². The van der Waals surface area contributed by atoms with Gasteiger partial charge in [-0.15, -0.1) is 11.3 Å². The number of hydrogen-bond acceptors (Lipinski definition) is 6. The number of ether oxygens (including phenoxy) is 1. The number of carbonyl (C=O) groups excluding carboxylic acids is 2. The van der Waals surface area contributed by atoms with Crippen LogP contribution in [0.1, 0.15) is 31.8 Å². The zero-order valence-electron chi connectivity index (χ0n) is 13.2. The van der Waals surface area contributed by atoms with E-state index < -0.39 is 11.9 Å². The van der Waals surface area contributed by atoms with Gasteiger partial charge in [-0.05, 0) is 27.7 Å². The molecule has 0 unspecified atom stereocenters. The summed E-state index contributed by atoms with van der Waals surface area (Å²) in [7, 11) is 1.80. The largest absolute Gasteiger partial charge is 0.451 e. The minimum Gasteiger partial charge on any atom is -0.451 e. The van der Waals surface area contributed by atoms with Gasteiger partial charge in [-0.2, -0.15) is 5.10 Å². The molecule has 0 aliphatic heterocycles. The maximum absolute atomic E-state index is 11.9. The van der Waals surface area contributed by atoms with E-state index in [1.807, 2.05) is 13.8 Å². The van der Waals surface area contributed by atoms with Gasteiger partial charge in [0, 0.05) is 7.05 Å². The lowest BCUT2D eigenvalue weighted by Crippen LogP contribution is -2.21. The first kappa shape index (κ1) is 16.2. The summed E-state index contributed by atoms with van der Waals surface area (Å²) in [5, 5.41) is 7.71. The van der Waals surface area contributed by atoms with Gasteiger partial charge in [-0.1, -0.05) is 0 Å². The molecule has 2 aromatic rings. The van der Waals surface area contributed by atoms with Crippen LogP contribution in [-0.2, 0) is 16.6 Å². The average Bonchev–Trinajstić information content (AvgIpc) is 2.90. The maximum Gasteiger partial charge on any atom is 0.350 e. The highest BCUT2D eigenvalue weighted by atomic mass is 32.1. The van der Waals surface area contributed by atoms with Gasteiger partial charge in [0.15, 0.2) is 6.61 Å². The number of aryl methyl sites for hydroxylation is 4. The number of carbonyl (C=O) groups is 2. The van der Waals surface area contributed by atoms with Crippen LogP contribution in [0.15, 0.2) is 0 Å². The van der Waals surface area contributed by atoms with Crippen LogP contribution in [0, 0.1) is 27.7 Å². The van der Waals surface area contributed by atoms with Crippen LogP contribution in [0.25, 0.3) is 0 Å². The fourth-order valence-electron chi connectivity index (χ4n) is 2.05. The van der Waals surface area contributed by atoms with E-state index in [4.69, 9.17) is 4.74 Å². The zero-order valence-corrected chi connectivity index (χ0v) is 14.0. The van der Waals surface area contributed by atoms with E-state index in [0.717, 1.165) is 10.7 Å². The summed E-state index contributed by atoms with van der Waals surface area (Å²) in [6.45, 7) is 6.86. The molecule has 2 rings (SSSR count). The first-order valence-corrected chi connectivity index (χ1v) is 7.52. The van der Waals surface area contributed by atoms with Gasteiger partial charge in [0.25, 0.3) is 5.91 Å². The summed E-state index contributed by atoms with van der Waals surface area (Å²) in [6, 6.07) is 0. The highest BCUT2D eigenvalue weighted by Crippen LogP contribution is 2.19. The van der Waals surface area contributed by atoms with E-state index in [9.17, 15) is 9.59 Å². The molecule has 0 spiro atoms. The molecule has 1 amide bonds. The molecule has 0 saturated carbocycles. The monoisotopic (exact) mass is 322 g/mol. The van der Waals surface area contributed by atoms with Crippen molar-refractivity contribution in [2.45, 2.75) is 27.7 Å². The third kappa shape index (κ3) is 3.33. The van der Waals surface area contributed by atoms with Crippen molar-refractivity contribution in [3.8, 4) is 0 Å². The highest BCUT2D eigenvalue weighted by Gasteiger charge is 2.18. The molecule has 0 fully saturated rings. The van der Waals surface area contributed by atoms with Crippen LogP contribution in [0.2, 0.25) is 0 Å². The van der Waals surface area contributed by atoms with Crippen LogP contribution < -0.4 is 5.32 Å². The SMILES string of the molecule is Cc1nc(C)c(C(=O)OCC(=O)Nc2c(C)nn(C)c2C)s1. The molecule has 8 heteroatoms. The topological polar surface area (TPSA) is 86.1 Å². The molecule has 22 heavy (non-hydrogen) atoms. The second-order valence-corrected chi connectivity index (χ2v) is 6.14. The van der Waals surface area contributed by atoms with Crippen LogP contribution in [0.5, 0.6) is 0 Å². The van der Waals surface area contributed by atoms with Gasteiger partial charge >= 0.3 is 5.97 Å². The maximum atomic E-state index is 11.9. The molecule has 2 heterocycles. The van der Waals surface area contributed by atoms with Crippen molar-refractivity contribution in [2.75, 3.05) is 11.9 Å². The van der Waals surface area contributed by atoms with E-state index in [1.165, 1.54) is 11.3 Å². The lowest BCUT2D eigenvalue weighted by atomic mass is 10.3. The molecule has 7 nitrogen and oxygen atoms in total. The molecule has 118 valence electrons. The van der Waals surface area contributed by atoms with E-state index in [2.05, 4.69) is 15.4 Å². The zero-order chi connectivity index (χ0) is 16.4. The van der Waals surface area contributed by atoms with Crippen molar-refractivity contribution in [2.24, 2.45) is 7.05 Å². The Morgan fingerprint density at radius 1 is 1.23 bits per heavy atom. The Balaban J connectivity index is 1.96. The van der Waals surface area contributed by atoms with Crippen molar-refractivity contribution in [1.82, 2.24) is 14.8 Å². The van der Waals surface area contributed by atoms with E-state index in [1.54, 1.807) is 25.6 Å². The molecule has 1 N–H and O–H groups in total. The fourth-order valence-corrected chi connectivity index (χ4v) is 2.86. The second-order valence-electron chi connectivity index (χ2n) is 4.94. The Morgan fingerprint density at radius 2 is 1.91 bits per heavy atom. The molecule has 0 aliphatic rings. The van der Waals surface area contributed by atoms with E-state index in [-0.39, 0.29) is 6.61 Å². The summed E-state index contributed by atoms with van der Waals surface area (Å²) < 4.78 is 6.72. The summed E-state index contributed by atoms with van der Waals surface area (Å²) in [6.07, 6.45) is 0. The second kappa shape index (κ2) is 6.27. The van der Waals surface area contributed by atoms with Crippen LogP contribution in [-0.4, -0.2) is 33.2 Å². The summed E-state index contributed by atoms with van der Waals surface area (Å²) in [5.74, 6) is -0.927. The summed E-state index contributed by atoms with van der Waals surface area (Å²) in [4.78, 5) is 28.4. The van der Waals surface area contributed by atoms with Gasteiger partial charge in [0.1, 0.15) is 4.88 Å². The Morgan fingerprint density at radius 3 is 2.41 bits per heavy atom. The van der Waals surface area contributed by atoms with Crippen LogP contribution >= 0.6 is 11.3 Å². The normalized spacial score (nSPS) is 10.6. The van der Waals surface area contributed by atoms with Crippen molar-refractivity contribution >= 4 is 28.9 Å². The Kier molecular flexibility index (Phi) is 4.60. The minimum atomic E-state index is -0.530. The Bertz CT molecular complexity index is 733. The number of aromatic nitrogens is 3. The average molecular weight is 322 g/mol. The highest BCUT2D eigenvalue weighted by molar-refractivity contribution is 7.13. The number of nitrogens with one attached hydrogen (secondary N) is 1. The van der Waals surface area contributed by atoms with Crippen LogP contribution in [0.4, 0.5) is 5.69 Å². The molecule has 0 saturated heterocycles. The molecular formula is C14H18N4O3S. The Labute approximate surface area is 132 Å². The third-order valence-electron chi connectivity index (χ3n) is 3.20. The number of rotatable bonds is 4. The van der Waals surface area contributed by atoms with Gasteiger partial charge in [0.2, 0.25) is 0 Å². The van der Waals surface area contributed by atoms with Crippen LogP contribution in [0.3, 0.4) is 0 Å². The van der Waals surface area contributed by atoms with Crippen molar-refractivity contribution in [3.63, 3.8) is 0 Å². The summed E-state index contributed by atoms with van der Waals surface area (Å²) >= 11 is 1.26. The van der Waals surface area contributed by atoms with Gasteiger partial charge in [0.05, 0.1) is 27.8 Å². The lowest BCUT2D eigenvalue weighted by Gasteiger charge is -2.06. The third-order valence-corrected chi connectivity index (χ3v) is 4.25. The summed E-state index contributed by atoms with van der Waals surface area (Å²) in [5.41, 5.74) is 2.82. The first-order chi connectivity index (χ1) is 10.3. The fraction of sp³-hybridized carbons (Fsp3) is 0.429. The number of anilines is 1. The molecule has 0 aromatic carbocycles. The van der Waals surface area contributed by atoms with E-state index in [0.29, 0.717) is 22.0 Å². The van der Waals surface area contributed by atoms with Gasteiger partial charge in [-0.25, -0.2) is 9.78 Å². The Hall–Kier alpha value is -2.22. The smallest absolute Gasteiger partial charge is 0.350 e. The standard InChI is InChI=1S/C14H18N4O3S/c1-7-12(9(3)18(5)17-7)16-11(19)6-21-14(20)13-8(2)15-10(4)22-13/h6H2,1-5H3,(H,16,19). The minimum absolute atomic E-state index is 0.344. The number of esters is 1. The number of thiazole rings is 1. The molecule has 0 radical (unpaired) electrons. The van der Waals surface area contributed by atoms with Gasteiger partial charge < -0.3 is 10.1 Å². The molecule has 0 aliphatic carbocycles. The molecule has 0 atom stereocenters. The number of hydrogen-bond donors (Lipinski definition) is 1. The van der Waals surface area contributed by atoms with Crippen molar-refractivity contribution < 1.29 is 14.3 Å². The molecule has 2 aromatic heterocycles. The molecular weight excluding hydrogens is 304 g/mol. The van der Waals surface area contributed by atoms with E-state index >= 15 is 0 Å². The van der Waals surface area contributed by atoms with Crippen molar-refractivity contribution in [1.29, 1.82) is 0 Å². The predicted molar refractivity (Wildman–Crippen MR) is 83.2 cm³/mol. The quantitative estimate of drug-likeness (QED) is 0.869. The number of amides is 1. The lowest BCUT2D eigenvalue weighted by molar-refractivity contribution is -0.119. The molecule has 0 bridgehead atoms. The van der Waals surface area contributed by atoms with Gasteiger partial charge in [-0.3, -0.25) is 9.48 Å².